The number of hydrogen-bond acceptors (Lipinski definition) is 4. The topological polar surface area (TPSA) is 51.0 Å². The molecule has 1 saturated carbocycles. The molecule has 2 aliphatic rings. The van der Waals surface area contributed by atoms with Gasteiger partial charge in [-0.05, 0) is 49.1 Å². The fourth-order valence-corrected chi connectivity index (χ4v) is 4.41. The van der Waals surface area contributed by atoms with E-state index in [1.807, 2.05) is 0 Å². The van der Waals surface area contributed by atoms with Crippen LogP contribution in [0.3, 0.4) is 0 Å². The van der Waals surface area contributed by atoms with Gasteiger partial charge in [-0.1, -0.05) is 43.3 Å². The molecule has 1 aromatic heterocycles. The van der Waals surface area contributed by atoms with Crippen LogP contribution in [0.4, 0.5) is 0 Å². The lowest BCUT2D eigenvalue weighted by Crippen LogP contribution is -2.35. The maximum absolute atomic E-state index is 5.44. The summed E-state index contributed by atoms with van der Waals surface area (Å²) in [5, 5.41) is 7.97. The highest BCUT2D eigenvalue weighted by Crippen LogP contribution is 2.41. The largest absolute Gasteiger partial charge is 0.339 e. The van der Waals surface area contributed by atoms with Gasteiger partial charge < -0.3 is 9.84 Å². The van der Waals surface area contributed by atoms with Crippen molar-refractivity contribution in [3.63, 3.8) is 0 Å². The molecular formula is C20H27N3O. The van der Waals surface area contributed by atoms with Crippen molar-refractivity contribution in [2.24, 2.45) is 0 Å². The van der Waals surface area contributed by atoms with Crippen LogP contribution in [0.25, 0.3) is 0 Å². The summed E-state index contributed by atoms with van der Waals surface area (Å²) in [6, 6.07) is 10.1. The van der Waals surface area contributed by atoms with Gasteiger partial charge in [-0.15, -0.1) is 0 Å². The van der Waals surface area contributed by atoms with Crippen LogP contribution in [0.2, 0.25) is 0 Å². The molecule has 24 heavy (non-hydrogen) atoms. The first-order valence-corrected chi connectivity index (χ1v) is 9.42. The van der Waals surface area contributed by atoms with Crippen molar-refractivity contribution in [2.45, 2.75) is 76.3 Å². The minimum absolute atomic E-state index is 0.450. The Morgan fingerprint density at radius 1 is 1.12 bits per heavy atom. The number of rotatable bonds is 4. The number of benzene rings is 1. The molecule has 0 aliphatic heterocycles. The molecule has 0 saturated heterocycles. The van der Waals surface area contributed by atoms with Crippen LogP contribution in [0.5, 0.6) is 0 Å². The van der Waals surface area contributed by atoms with E-state index in [1.165, 1.54) is 30.4 Å². The number of nitrogens with zero attached hydrogens (tertiary/aromatic N) is 2. The minimum Gasteiger partial charge on any atom is -0.339 e. The first-order valence-electron chi connectivity index (χ1n) is 9.42. The van der Waals surface area contributed by atoms with Crippen LogP contribution in [0.15, 0.2) is 28.8 Å². The first kappa shape index (κ1) is 15.8. The number of hydrogen-bond donors (Lipinski definition) is 1. The number of nitrogens with one attached hydrogen (secondary N) is 1. The van der Waals surface area contributed by atoms with Crippen LogP contribution < -0.4 is 5.32 Å². The molecule has 2 atom stereocenters. The molecular weight excluding hydrogens is 298 g/mol. The lowest BCUT2D eigenvalue weighted by Gasteiger charge is -2.30. The van der Waals surface area contributed by atoms with Crippen molar-refractivity contribution in [3.05, 3.63) is 47.1 Å². The van der Waals surface area contributed by atoms with Crippen molar-refractivity contribution in [2.75, 3.05) is 0 Å². The molecule has 1 fully saturated rings. The number of aromatic nitrogens is 2. The van der Waals surface area contributed by atoms with Crippen molar-refractivity contribution in [1.82, 2.24) is 15.5 Å². The average Bonchev–Trinajstić information content (AvgIpc) is 3.22. The highest BCUT2D eigenvalue weighted by molar-refractivity contribution is 5.37. The second kappa shape index (κ2) is 6.67. The van der Waals surface area contributed by atoms with Crippen molar-refractivity contribution >= 4 is 0 Å². The molecule has 1 heterocycles. The van der Waals surface area contributed by atoms with E-state index in [0.717, 1.165) is 31.0 Å². The predicted octanol–water partition coefficient (Wildman–Crippen LogP) is 4.50. The fourth-order valence-electron chi connectivity index (χ4n) is 4.41. The fraction of sp³-hybridized carbons (Fsp3) is 0.600. The molecule has 1 aromatic carbocycles. The van der Waals surface area contributed by atoms with Gasteiger partial charge in [0.2, 0.25) is 5.89 Å². The number of aryl methyl sites for hydroxylation is 1. The Hall–Kier alpha value is -1.68. The molecule has 0 radical (unpaired) electrons. The smallest absolute Gasteiger partial charge is 0.229 e. The van der Waals surface area contributed by atoms with Crippen LogP contribution in [-0.4, -0.2) is 16.2 Å². The van der Waals surface area contributed by atoms with Gasteiger partial charge in [0, 0.05) is 24.4 Å². The molecule has 2 aliphatic carbocycles. The van der Waals surface area contributed by atoms with Crippen LogP contribution >= 0.6 is 0 Å². The molecule has 0 spiro atoms. The molecule has 128 valence electrons. The Bertz CT molecular complexity index is 688. The van der Waals surface area contributed by atoms with Gasteiger partial charge in [-0.2, -0.15) is 4.98 Å². The summed E-state index contributed by atoms with van der Waals surface area (Å²) in [5.74, 6) is 2.80. The Kier molecular flexibility index (Phi) is 4.40. The molecule has 0 unspecified atom stereocenters. The SMILES string of the molecule is CCc1noc(C2CCC(N[C@H]3C[C@H](C)c4ccccc43)CC2)n1. The zero-order chi connectivity index (χ0) is 16.5. The van der Waals surface area contributed by atoms with E-state index in [2.05, 4.69) is 53.6 Å². The Labute approximate surface area is 144 Å². The summed E-state index contributed by atoms with van der Waals surface area (Å²) in [6.07, 6.45) is 6.76. The quantitative estimate of drug-likeness (QED) is 0.899. The minimum atomic E-state index is 0.450. The lowest BCUT2D eigenvalue weighted by atomic mass is 9.85. The van der Waals surface area contributed by atoms with Gasteiger partial charge in [0.1, 0.15) is 0 Å². The normalized spacial score (nSPS) is 29.6. The first-order chi connectivity index (χ1) is 11.7. The summed E-state index contributed by atoms with van der Waals surface area (Å²) in [7, 11) is 0. The van der Waals surface area contributed by atoms with Gasteiger partial charge in [0.15, 0.2) is 5.82 Å². The predicted molar refractivity (Wildman–Crippen MR) is 94.0 cm³/mol. The third-order valence-electron chi connectivity index (χ3n) is 5.80. The van der Waals surface area contributed by atoms with E-state index in [4.69, 9.17) is 4.52 Å². The second-order valence-electron chi connectivity index (χ2n) is 7.44. The molecule has 2 aromatic rings. The van der Waals surface area contributed by atoms with E-state index in [9.17, 15) is 0 Å². The van der Waals surface area contributed by atoms with Gasteiger partial charge in [-0.3, -0.25) is 0 Å². The highest BCUT2D eigenvalue weighted by atomic mass is 16.5. The monoisotopic (exact) mass is 325 g/mol. The van der Waals surface area contributed by atoms with Crippen molar-refractivity contribution in [1.29, 1.82) is 0 Å². The molecule has 4 rings (SSSR count). The summed E-state index contributed by atoms with van der Waals surface area (Å²) in [5.41, 5.74) is 3.04. The highest BCUT2D eigenvalue weighted by Gasteiger charge is 2.32. The molecule has 0 amide bonds. The number of fused-ring (bicyclic) bond motifs is 1. The second-order valence-corrected chi connectivity index (χ2v) is 7.44. The standard InChI is InChI=1S/C20H27N3O/c1-3-19-22-20(24-23-19)14-8-10-15(11-9-14)21-18-12-13(2)16-6-4-5-7-17(16)18/h4-7,13-15,18,21H,3,8-12H2,1-2H3/t13-,14?,15?,18-/m0/s1. The molecule has 4 heteroatoms. The Morgan fingerprint density at radius 2 is 1.88 bits per heavy atom. The van der Waals surface area contributed by atoms with Gasteiger partial charge in [-0.25, -0.2) is 0 Å². The van der Waals surface area contributed by atoms with E-state index < -0.39 is 0 Å². The van der Waals surface area contributed by atoms with Crippen LogP contribution in [-0.2, 0) is 6.42 Å². The lowest BCUT2D eigenvalue weighted by molar-refractivity contribution is 0.269. The Morgan fingerprint density at radius 3 is 2.58 bits per heavy atom. The van der Waals surface area contributed by atoms with Crippen molar-refractivity contribution < 1.29 is 4.52 Å². The van der Waals surface area contributed by atoms with E-state index in [-0.39, 0.29) is 0 Å². The molecule has 4 nitrogen and oxygen atoms in total. The van der Waals surface area contributed by atoms with Crippen LogP contribution in [0.1, 0.15) is 86.7 Å². The zero-order valence-electron chi connectivity index (χ0n) is 14.7. The summed E-state index contributed by atoms with van der Waals surface area (Å²) in [6.45, 7) is 4.41. The van der Waals surface area contributed by atoms with E-state index >= 15 is 0 Å². The van der Waals surface area contributed by atoms with Gasteiger partial charge in [0.05, 0.1) is 0 Å². The Balaban J connectivity index is 1.35. The van der Waals surface area contributed by atoms with Gasteiger partial charge >= 0.3 is 0 Å². The van der Waals surface area contributed by atoms with Crippen molar-refractivity contribution in [3.8, 4) is 0 Å². The maximum Gasteiger partial charge on any atom is 0.229 e. The van der Waals surface area contributed by atoms with Crippen LogP contribution in [0, 0.1) is 0 Å². The van der Waals surface area contributed by atoms with Gasteiger partial charge in [0.25, 0.3) is 0 Å². The third kappa shape index (κ3) is 3.00. The van der Waals surface area contributed by atoms with E-state index in [0.29, 0.717) is 23.9 Å². The van der Waals surface area contributed by atoms with E-state index in [1.54, 1.807) is 0 Å². The molecule has 0 bridgehead atoms. The zero-order valence-corrected chi connectivity index (χ0v) is 14.7. The third-order valence-corrected chi connectivity index (χ3v) is 5.80. The average molecular weight is 325 g/mol. The summed E-state index contributed by atoms with van der Waals surface area (Å²) < 4.78 is 5.44. The molecule has 1 N–H and O–H groups in total. The summed E-state index contributed by atoms with van der Waals surface area (Å²) >= 11 is 0. The maximum atomic E-state index is 5.44. The summed E-state index contributed by atoms with van der Waals surface area (Å²) in [4.78, 5) is 4.52.